The van der Waals surface area contributed by atoms with Crippen LogP contribution in [0.25, 0.3) is 10.9 Å². The predicted octanol–water partition coefficient (Wildman–Crippen LogP) is 3.64. The maximum Gasteiger partial charge on any atom is 0.190 e. The second kappa shape index (κ2) is 13.1. The van der Waals surface area contributed by atoms with Gasteiger partial charge in [-0.1, -0.05) is 12.1 Å². The minimum Gasteiger partial charge on any atom is -0.381 e. The fourth-order valence-corrected chi connectivity index (χ4v) is 3.59. The summed E-state index contributed by atoms with van der Waals surface area (Å²) in [5.74, 6) is 1.52. The van der Waals surface area contributed by atoms with Gasteiger partial charge in [0.05, 0.1) is 0 Å². The Labute approximate surface area is 191 Å². The molecule has 1 aromatic carbocycles. The summed E-state index contributed by atoms with van der Waals surface area (Å²) in [6.07, 6.45) is 6.30. The van der Waals surface area contributed by atoms with Gasteiger partial charge in [-0.15, -0.1) is 24.0 Å². The van der Waals surface area contributed by atoms with E-state index in [-0.39, 0.29) is 24.0 Å². The van der Waals surface area contributed by atoms with Crippen molar-refractivity contribution in [2.24, 2.45) is 10.9 Å². The number of ether oxygens (including phenoxy) is 2. The van der Waals surface area contributed by atoms with Crippen LogP contribution in [0.2, 0.25) is 0 Å². The third-order valence-electron chi connectivity index (χ3n) is 5.29. The number of halogens is 1. The highest BCUT2D eigenvalue weighted by atomic mass is 127. The van der Waals surface area contributed by atoms with Crippen LogP contribution in [0.1, 0.15) is 30.4 Å². The molecule has 2 aromatic rings. The number of guanidine groups is 1. The zero-order valence-electron chi connectivity index (χ0n) is 17.6. The molecular formula is C22H35IN4O2. The molecule has 0 spiro atoms. The Hall–Kier alpha value is -1.32. The number of benzene rings is 1. The van der Waals surface area contributed by atoms with Crippen LogP contribution in [0.4, 0.5) is 0 Å². The number of fused-ring (bicyclic) bond motifs is 1. The molecule has 3 N–H and O–H groups in total. The highest BCUT2D eigenvalue weighted by Crippen LogP contribution is 2.19. The third-order valence-corrected chi connectivity index (χ3v) is 5.29. The number of H-pyrrole nitrogens is 1. The summed E-state index contributed by atoms with van der Waals surface area (Å²) in [6.45, 7) is 7.25. The zero-order chi connectivity index (χ0) is 19.6. The molecule has 1 aromatic heterocycles. The minimum atomic E-state index is 0. The molecule has 1 aliphatic rings. The molecule has 0 unspecified atom stereocenters. The van der Waals surface area contributed by atoms with Crippen molar-refractivity contribution < 1.29 is 9.47 Å². The van der Waals surface area contributed by atoms with Crippen molar-refractivity contribution in [1.82, 2.24) is 15.6 Å². The Kier molecular flexibility index (Phi) is 10.8. The lowest BCUT2D eigenvalue weighted by Crippen LogP contribution is -2.39. The second-order valence-electron chi connectivity index (χ2n) is 7.52. The third kappa shape index (κ3) is 7.79. The lowest BCUT2D eigenvalue weighted by molar-refractivity contribution is 0.0203. The highest BCUT2D eigenvalue weighted by Gasteiger charge is 2.13. The molecule has 0 bridgehead atoms. The first-order valence-corrected chi connectivity index (χ1v) is 10.4. The average molecular weight is 514 g/mol. The molecule has 3 rings (SSSR count). The predicted molar refractivity (Wildman–Crippen MR) is 130 cm³/mol. The van der Waals surface area contributed by atoms with E-state index in [2.05, 4.69) is 51.9 Å². The van der Waals surface area contributed by atoms with Crippen LogP contribution in [0.3, 0.4) is 0 Å². The molecule has 6 nitrogen and oxygen atoms in total. The molecule has 0 atom stereocenters. The van der Waals surface area contributed by atoms with E-state index < -0.39 is 0 Å². The summed E-state index contributed by atoms with van der Waals surface area (Å²) in [4.78, 5) is 7.67. The Bertz CT molecular complexity index is 756. The maximum absolute atomic E-state index is 5.81. The minimum absolute atomic E-state index is 0. The van der Waals surface area contributed by atoms with Gasteiger partial charge in [0.15, 0.2) is 5.96 Å². The second-order valence-corrected chi connectivity index (χ2v) is 7.52. The van der Waals surface area contributed by atoms with E-state index in [1.807, 2.05) is 7.05 Å². The van der Waals surface area contributed by atoms with Gasteiger partial charge in [0.1, 0.15) is 0 Å². The molecule has 7 heteroatoms. The number of aliphatic imine (C=N–C) groups is 1. The molecule has 162 valence electrons. The van der Waals surface area contributed by atoms with E-state index in [4.69, 9.17) is 9.47 Å². The molecule has 1 fully saturated rings. The number of nitrogens with zero attached hydrogens (tertiary/aromatic N) is 1. The number of aromatic amines is 1. The first-order chi connectivity index (χ1) is 13.8. The monoisotopic (exact) mass is 514 g/mol. The Morgan fingerprint density at radius 1 is 1.24 bits per heavy atom. The molecule has 1 aliphatic heterocycles. The van der Waals surface area contributed by atoms with Gasteiger partial charge in [0.25, 0.3) is 0 Å². The van der Waals surface area contributed by atoms with Crippen molar-refractivity contribution in [1.29, 1.82) is 0 Å². The summed E-state index contributed by atoms with van der Waals surface area (Å²) in [6, 6.07) is 6.55. The fourth-order valence-electron chi connectivity index (χ4n) is 3.59. The Morgan fingerprint density at radius 2 is 2.03 bits per heavy atom. The van der Waals surface area contributed by atoms with Crippen molar-refractivity contribution in [3.05, 3.63) is 35.5 Å². The normalized spacial score (nSPS) is 15.3. The fraction of sp³-hybridized carbons (Fsp3) is 0.591. The Balaban J connectivity index is 0.00000300. The van der Waals surface area contributed by atoms with Gasteiger partial charge in [-0.3, -0.25) is 4.99 Å². The van der Waals surface area contributed by atoms with Crippen LogP contribution in [0, 0.1) is 12.8 Å². The summed E-state index contributed by atoms with van der Waals surface area (Å²) >= 11 is 0. The van der Waals surface area contributed by atoms with E-state index in [1.165, 1.54) is 22.0 Å². The van der Waals surface area contributed by atoms with Crippen LogP contribution < -0.4 is 10.6 Å². The summed E-state index contributed by atoms with van der Waals surface area (Å²) < 4.78 is 11.2. The van der Waals surface area contributed by atoms with E-state index in [0.717, 1.165) is 71.2 Å². The van der Waals surface area contributed by atoms with Gasteiger partial charge < -0.3 is 25.1 Å². The van der Waals surface area contributed by atoms with Gasteiger partial charge >= 0.3 is 0 Å². The van der Waals surface area contributed by atoms with Crippen LogP contribution in [0.5, 0.6) is 0 Å². The lowest BCUT2D eigenvalue weighted by atomic mass is 10.0. The van der Waals surface area contributed by atoms with Crippen LogP contribution >= 0.6 is 24.0 Å². The standard InChI is InChI=1S/C22H34N4O2.HI/c1-17-4-5-20-19(15-26-21(20)14-17)6-10-25-22(23-2)24-9-3-11-28-16-18-7-12-27-13-8-18;/h4-5,14-15,18,26H,3,6-13,16H2,1-2H3,(H2,23,24,25);1H. The van der Waals surface area contributed by atoms with Crippen molar-refractivity contribution >= 4 is 40.8 Å². The Morgan fingerprint density at radius 3 is 2.83 bits per heavy atom. The molecule has 1 saturated heterocycles. The number of nitrogens with one attached hydrogen (secondary N) is 3. The average Bonchev–Trinajstić information content (AvgIpc) is 3.12. The van der Waals surface area contributed by atoms with Gasteiger partial charge in [-0.05, 0) is 55.7 Å². The molecule has 0 radical (unpaired) electrons. The van der Waals surface area contributed by atoms with E-state index >= 15 is 0 Å². The van der Waals surface area contributed by atoms with E-state index in [1.54, 1.807) is 0 Å². The topological polar surface area (TPSA) is 70.7 Å². The highest BCUT2D eigenvalue weighted by molar-refractivity contribution is 14.0. The number of aromatic nitrogens is 1. The first-order valence-electron chi connectivity index (χ1n) is 10.4. The summed E-state index contributed by atoms with van der Waals surface area (Å²) in [5, 5.41) is 8.06. The van der Waals surface area contributed by atoms with Crippen LogP contribution in [-0.2, 0) is 15.9 Å². The van der Waals surface area contributed by atoms with Gasteiger partial charge in [-0.2, -0.15) is 0 Å². The van der Waals surface area contributed by atoms with Crippen molar-refractivity contribution in [3.8, 4) is 0 Å². The molecule has 0 aliphatic carbocycles. The maximum atomic E-state index is 5.81. The van der Waals surface area contributed by atoms with Gasteiger partial charge in [0.2, 0.25) is 0 Å². The number of hydrogen-bond acceptors (Lipinski definition) is 3. The first kappa shape index (κ1) is 24.0. The van der Waals surface area contributed by atoms with E-state index in [0.29, 0.717) is 5.92 Å². The van der Waals surface area contributed by atoms with Crippen LogP contribution in [-0.4, -0.2) is 57.5 Å². The van der Waals surface area contributed by atoms with Crippen molar-refractivity contribution in [2.75, 3.05) is 46.6 Å². The van der Waals surface area contributed by atoms with E-state index in [9.17, 15) is 0 Å². The number of hydrogen-bond donors (Lipinski definition) is 3. The smallest absolute Gasteiger partial charge is 0.190 e. The molecule has 2 heterocycles. The zero-order valence-corrected chi connectivity index (χ0v) is 20.0. The van der Waals surface area contributed by atoms with Crippen LogP contribution in [0.15, 0.2) is 29.4 Å². The van der Waals surface area contributed by atoms with Gasteiger partial charge in [-0.25, -0.2) is 0 Å². The van der Waals surface area contributed by atoms with Gasteiger partial charge in [0, 0.05) is 63.7 Å². The quantitative estimate of drug-likeness (QED) is 0.207. The lowest BCUT2D eigenvalue weighted by Gasteiger charge is -2.21. The SMILES string of the molecule is CN=C(NCCCOCC1CCOCC1)NCCc1c[nH]c2cc(C)ccc12.I. The largest absolute Gasteiger partial charge is 0.381 e. The molecule has 0 saturated carbocycles. The van der Waals surface area contributed by atoms with Crippen molar-refractivity contribution in [3.63, 3.8) is 0 Å². The molecule has 29 heavy (non-hydrogen) atoms. The number of aryl methyl sites for hydroxylation is 1. The number of rotatable bonds is 9. The molecular weight excluding hydrogens is 479 g/mol. The summed E-state index contributed by atoms with van der Waals surface area (Å²) in [5.41, 5.74) is 3.82. The van der Waals surface area contributed by atoms with Crippen molar-refractivity contribution in [2.45, 2.75) is 32.6 Å². The molecule has 0 amide bonds. The summed E-state index contributed by atoms with van der Waals surface area (Å²) in [7, 11) is 1.81.